The van der Waals surface area contributed by atoms with Crippen LogP contribution in [-0.4, -0.2) is 14.2 Å². The molecule has 0 amide bonds. The molecule has 112 valence electrons. The van der Waals surface area contributed by atoms with Crippen molar-refractivity contribution in [2.75, 3.05) is 14.2 Å². The fraction of sp³-hybridized carbons (Fsp3) is 0.333. The maximum absolute atomic E-state index is 5.26. The predicted molar refractivity (Wildman–Crippen MR) is 92.1 cm³/mol. The average molecular weight is 348 g/mol. The van der Waals surface area contributed by atoms with Crippen molar-refractivity contribution in [2.45, 2.75) is 25.8 Å². The first-order valence-electron chi connectivity index (χ1n) is 7.17. The van der Waals surface area contributed by atoms with Crippen LogP contribution in [0.3, 0.4) is 0 Å². The second-order valence-electron chi connectivity index (χ2n) is 5.43. The molecule has 0 aromatic heterocycles. The van der Waals surface area contributed by atoms with Crippen molar-refractivity contribution in [2.24, 2.45) is 0 Å². The van der Waals surface area contributed by atoms with Gasteiger partial charge >= 0.3 is 0 Å². The molecular weight excluding hydrogens is 326 g/mol. The molecule has 21 heavy (non-hydrogen) atoms. The summed E-state index contributed by atoms with van der Waals surface area (Å²) in [4.78, 5) is 0. The number of ether oxygens (including phenoxy) is 1. The van der Waals surface area contributed by atoms with Crippen LogP contribution in [0.25, 0.3) is 0 Å². The quantitative estimate of drug-likeness (QED) is 0.831. The molecule has 2 aromatic rings. The number of rotatable bonds is 5. The van der Waals surface area contributed by atoms with Crippen molar-refractivity contribution in [3.05, 3.63) is 63.6 Å². The summed E-state index contributed by atoms with van der Waals surface area (Å²) in [7, 11) is 3.67. The van der Waals surface area contributed by atoms with Gasteiger partial charge in [-0.2, -0.15) is 0 Å². The Balaban J connectivity index is 2.35. The molecule has 0 saturated carbocycles. The summed E-state index contributed by atoms with van der Waals surface area (Å²) >= 11 is 3.64. The molecule has 2 rings (SSSR count). The molecule has 0 heterocycles. The van der Waals surface area contributed by atoms with E-state index in [1.54, 1.807) is 7.11 Å². The first-order chi connectivity index (χ1) is 10.1. The lowest BCUT2D eigenvalue weighted by Crippen LogP contribution is -2.18. The van der Waals surface area contributed by atoms with Gasteiger partial charge in [0.1, 0.15) is 5.75 Å². The van der Waals surface area contributed by atoms with Crippen molar-refractivity contribution in [3.8, 4) is 5.75 Å². The zero-order valence-electron chi connectivity index (χ0n) is 13.0. The lowest BCUT2D eigenvalue weighted by molar-refractivity contribution is 0.414. The number of nitrogens with one attached hydrogen (secondary N) is 1. The number of benzene rings is 2. The van der Waals surface area contributed by atoms with Gasteiger partial charge in [-0.3, -0.25) is 0 Å². The summed E-state index contributed by atoms with van der Waals surface area (Å²) in [6.45, 7) is 4.43. The Morgan fingerprint density at radius 2 is 1.62 bits per heavy atom. The molecule has 0 aliphatic rings. The third kappa shape index (κ3) is 3.66. The molecule has 0 radical (unpaired) electrons. The topological polar surface area (TPSA) is 21.3 Å². The molecule has 0 aliphatic carbocycles. The van der Waals surface area contributed by atoms with Crippen LogP contribution in [0, 0.1) is 0 Å². The Morgan fingerprint density at radius 3 is 2.10 bits per heavy atom. The van der Waals surface area contributed by atoms with Crippen LogP contribution < -0.4 is 10.1 Å². The van der Waals surface area contributed by atoms with Crippen LogP contribution >= 0.6 is 15.9 Å². The number of hydrogen-bond acceptors (Lipinski definition) is 2. The van der Waals surface area contributed by atoms with Crippen molar-refractivity contribution in [1.29, 1.82) is 0 Å². The van der Waals surface area contributed by atoms with Crippen LogP contribution in [0.5, 0.6) is 5.75 Å². The van der Waals surface area contributed by atoms with Gasteiger partial charge in [0.2, 0.25) is 0 Å². The first kappa shape index (κ1) is 16.1. The van der Waals surface area contributed by atoms with E-state index < -0.39 is 0 Å². The minimum atomic E-state index is 0.159. The van der Waals surface area contributed by atoms with Crippen LogP contribution in [0.15, 0.2) is 46.9 Å². The van der Waals surface area contributed by atoms with Gasteiger partial charge in [-0.15, -0.1) is 0 Å². The highest BCUT2D eigenvalue weighted by molar-refractivity contribution is 9.10. The van der Waals surface area contributed by atoms with E-state index in [-0.39, 0.29) is 6.04 Å². The lowest BCUT2D eigenvalue weighted by atomic mass is 9.95. The lowest BCUT2D eigenvalue weighted by Gasteiger charge is -2.20. The predicted octanol–water partition coefficient (Wildman–Crippen LogP) is 4.89. The van der Waals surface area contributed by atoms with Crippen molar-refractivity contribution in [3.63, 3.8) is 0 Å². The van der Waals surface area contributed by atoms with Crippen molar-refractivity contribution >= 4 is 15.9 Å². The molecule has 0 bridgehead atoms. The molecule has 3 heteroatoms. The smallest absolute Gasteiger partial charge is 0.120 e. The maximum Gasteiger partial charge on any atom is 0.120 e. The molecule has 0 fully saturated rings. The molecule has 0 saturated heterocycles. The fourth-order valence-corrected chi connectivity index (χ4v) is 3.03. The molecular formula is C18H22BrNO. The van der Waals surface area contributed by atoms with Crippen LogP contribution in [0.1, 0.15) is 42.5 Å². The highest BCUT2D eigenvalue weighted by Gasteiger charge is 2.15. The normalized spacial score (nSPS) is 12.5. The molecule has 2 nitrogen and oxygen atoms in total. The standard InChI is InChI=1S/C18H22BrNO/c1-12(2)13-5-7-14(8-6-13)18(20-3)16-10-9-15(21-4)11-17(16)19/h5-12,18,20H,1-4H3. The summed E-state index contributed by atoms with van der Waals surface area (Å²) in [5, 5.41) is 3.39. The van der Waals surface area contributed by atoms with Gasteiger partial charge in [0.25, 0.3) is 0 Å². The molecule has 1 N–H and O–H groups in total. The highest BCUT2D eigenvalue weighted by atomic mass is 79.9. The first-order valence-corrected chi connectivity index (χ1v) is 7.96. The minimum absolute atomic E-state index is 0.159. The maximum atomic E-state index is 5.26. The van der Waals surface area contributed by atoms with Gasteiger partial charge in [-0.25, -0.2) is 0 Å². The van der Waals surface area contributed by atoms with Gasteiger partial charge in [-0.05, 0) is 41.8 Å². The average Bonchev–Trinajstić information content (AvgIpc) is 2.50. The third-order valence-electron chi connectivity index (χ3n) is 3.74. The van der Waals surface area contributed by atoms with Gasteiger partial charge in [-0.1, -0.05) is 60.1 Å². The second-order valence-corrected chi connectivity index (χ2v) is 6.28. The van der Waals surface area contributed by atoms with Crippen LogP contribution in [0.2, 0.25) is 0 Å². The summed E-state index contributed by atoms with van der Waals surface area (Å²) in [5.41, 5.74) is 3.82. The van der Waals surface area contributed by atoms with Crippen molar-refractivity contribution in [1.82, 2.24) is 5.32 Å². The number of halogens is 1. The SMILES string of the molecule is CNC(c1ccc(C(C)C)cc1)c1ccc(OC)cc1Br. The van der Waals surface area contributed by atoms with Gasteiger partial charge < -0.3 is 10.1 Å². The van der Waals surface area contributed by atoms with E-state index in [4.69, 9.17) is 4.74 Å². The van der Waals surface area contributed by atoms with E-state index in [0.29, 0.717) is 5.92 Å². The summed E-state index contributed by atoms with van der Waals surface area (Å²) < 4.78 is 6.31. The van der Waals surface area contributed by atoms with E-state index >= 15 is 0 Å². The summed E-state index contributed by atoms with van der Waals surface area (Å²) in [5.74, 6) is 1.41. The zero-order valence-corrected chi connectivity index (χ0v) is 14.6. The van der Waals surface area contributed by atoms with E-state index in [1.165, 1.54) is 16.7 Å². The Morgan fingerprint density at radius 1 is 1.00 bits per heavy atom. The highest BCUT2D eigenvalue weighted by Crippen LogP contribution is 2.31. The fourth-order valence-electron chi connectivity index (χ4n) is 2.44. The third-order valence-corrected chi connectivity index (χ3v) is 4.43. The number of methoxy groups -OCH3 is 1. The van der Waals surface area contributed by atoms with Gasteiger partial charge in [0.15, 0.2) is 0 Å². The van der Waals surface area contributed by atoms with E-state index in [1.807, 2.05) is 19.2 Å². The summed E-state index contributed by atoms with van der Waals surface area (Å²) in [6, 6.07) is 15.1. The Labute approximate surface area is 135 Å². The molecule has 1 atom stereocenters. The Kier molecular flexibility index (Phi) is 5.43. The Hall–Kier alpha value is -1.32. The molecule has 0 spiro atoms. The van der Waals surface area contributed by atoms with Crippen molar-refractivity contribution < 1.29 is 4.74 Å². The van der Waals surface area contributed by atoms with E-state index in [9.17, 15) is 0 Å². The molecule has 2 aromatic carbocycles. The van der Waals surface area contributed by atoms with Crippen LogP contribution in [0.4, 0.5) is 0 Å². The molecule has 1 unspecified atom stereocenters. The van der Waals surface area contributed by atoms with E-state index in [0.717, 1.165) is 10.2 Å². The Bertz CT molecular complexity index is 593. The second kappa shape index (κ2) is 7.10. The summed E-state index contributed by atoms with van der Waals surface area (Å²) in [6.07, 6.45) is 0. The number of hydrogen-bond donors (Lipinski definition) is 1. The monoisotopic (exact) mass is 347 g/mol. The zero-order chi connectivity index (χ0) is 15.4. The van der Waals surface area contributed by atoms with Crippen LogP contribution in [-0.2, 0) is 0 Å². The minimum Gasteiger partial charge on any atom is -0.497 e. The van der Waals surface area contributed by atoms with Gasteiger partial charge in [0, 0.05) is 4.47 Å². The molecule has 0 aliphatic heterocycles. The van der Waals surface area contributed by atoms with Gasteiger partial charge in [0.05, 0.1) is 13.2 Å². The largest absolute Gasteiger partial charge is 0.497 e. The van der Waals surface area contributed by atoms with E-state index in [2.05, 4.69) is 65.4 Å².